The lowest BCUT2D eigenvalue weighted by Crippen LogP contribution is -2.26. The van der Waals surface area contributed by atoms with Crippen LogP contribution in [0.4, 0.5) is 13.2 Å². The Bertz CT molecular complexity index is 202. The lowest BCUT2D eigenvalue weighted by Gasteiger charge is -2.26. The maximum Gasteiger partial charge on any atom is 0.111 e. The minimum atomic E-state index is -1.09. The minimum Gasteiger partial charge on any atom is -0.250 e. The fourth-order valence-electron chi connectivity index (χ4n) is 1.27. The molecule has 0 amide bonds. The van der Waals surface area contributed by atoms with E-state index in [1.54, 1.807) is 6.08 Å². The molecule has 3 heteroatoms. The highest BCUT2D eigenvalue weighted by molar-refractivity contribution is 5.24. The van der Waals surface area contributed by atoms with E-state index in [2.05, 4.69) is 0 Å². The van der Waals surface area contributed by atoms with Crippen LogP contribution in [0.25, 0.3) is 0 Å². The maximum absolute atomic E-state index is 12.4. The quantitative estimate of drug-likeness (QED) is 0.620. The zero-order valence-electron chi connectivity index (χ0n) is 6.69. The first-order valence-electron chi connectivity index (χ1n) is 3.81. The Morgan fingerprint density at radius 3 is 2.42 bits per heavy atom. The molecule has 0 aliphatic heterocycles. The number of halogens is 3. The molecule has 0 heterocycles. The fraction of sp³-hybridized carbons (Fsp3) is 0.556. The van der Waals surface area contributed by atoms with E-state index in [1.807, 2.05) is 0 Å². The van der Waals surface area contributed by atoms with Gasteiger partial charge in [-0.15, -0.1) is 0 Å². The van der Waals surface area contributed by atoms with Crippen molar-refractivity contribution in [3.05, 3.63) is 23.8 Å². The summed E-state index contributed by atoms with van der Waals surface area (Å²) in [7, 11) is 0. The summed E-state index contributed by atoms with van der Waals surface area (Å²) < 4.78 is 37.0. The van der Waals surface area contributed by atoms with E-state index in [-0.39, 0.29) is 6.42 Å². The summed E-state index contributed by atoms with van der Waals surface area (Å²) in [6, 6.07) is 0. The molecule has 0 N–H and O–H groups in total. The third-order valence-electron chi connectivity index (χ3n) is 2.06. The third kappa shape index (κ3) is 1.71. The van der Waals surface area contributed by atoms with Crippen molar-refractivity contribution in [2.45, 2.75) is 6.42 Å². The van der Waals surface area contributed by atoms with E-state index in [9.17, 15) is 13.2 Å². The zero-order valence-corrected chi connectivity index (χ0v) is 6.69. The zero-order chi connectivity index (χ0) is 9.03. The molecular weight excluding hydrogens is 165 g/mol. The number of alkyl halides is 3. The Hall–Kier alpha value is -0.730. The van der Waals surface area contributed by atoms with E-state index >= 15 is 0 Å². The average molecular weight is 176 g/mol. The molecule has 1 aliphatic rings. The molecule has 0 bridgehead atoms. The summed E-state index contributed by atoms with van der Waals surface area (Å²) >= 11 is 0. The van der Waals surface area contributed by atoms with E-state index in [0.717, 1.165) is 0 Å². The molecule has 0 aromatic rings. The molecule has 68 valence electrons. The van der Waals surface area contributed by atoms with Gasteiger partial charge in [0.2, 0.25) is 0 Å². The molecule has 1 rings (SSSR count). The Labute approximate surface area is 69.8 Å². The predicted octanol–water partition coefficient (Wildman–Crippen LogP) is 2.77. The fourth-order valence-corrected chi connectivity index (χ4v) is 1.27. The molecule has 12 heavy (non-hydrogen) atoms. The van der Waals surface area contributed by atoms with Gasteiger partial charge in [0.1, 0.15) is 20.0 Å². The molecule has 0 saturated carbocycles. The highest BCUT2D eigenvalue weighted by Gasteiger charge is 2.30. The van der Waals surface area contributed by atoms with Crippen LogP contribution in [0.3, 0.4) is 0 Å². The summed E-state index contributed by atoms with van der Waals surface area (Å²) in [6.45, 7) is -2.15. The van der Waals surface area contributed by atoms with E-state index in [4.69, 9.17) is 0 Å². The van der Waals surface area contributed by atoms with Crippen LogP contribution in [0.15, 0.2) is 23.8 Å². The molecular formula is C9H11F3. The van der Waals surface area contributed by atoms with Gasteiger partial charge in [0.25, 0.3) is 0 Å². The van der Waals surface area contributed by atoms with Crippen LogP contribution in [-0.4, -0.2) is 20.0 Å². The lowest BCUT2D eigenvalue weighted by molar-refractivity contribution is 0.202. The van der Waals surface area contributed by atoms with Crippen molar-refractivity contribution in [1.82, 2.24) is 0 Å². The van der Waals surface area contributed by atoms with Gasteiger partial charge in [-0.2, -0.15) is 0 Å². The van der Waals surface area contributed by atoms with Crippen molar-refractivity contribution in [2.24, 2.45) is 5.41 Å². The van der Waals surface area contributed by atoms with Crippen molar-refractivity contribution in [3.63, 3.8) is 0 Å². The maximum atomic E-state index is 12.4. The Balaban J connectivity index is 2.73. The first kappa shape index (κ1) is 9.36. The van der Waals surface area contributed by atoms with E-state index in [1.165, 1.54) is 12.2 Å². The van der Waals surface area contributed by atoms with Crippen LogP contribution in [0.5, 0.6) is 0 Å². The van der Waals surface area contributed by atoms with Gasteiger partial charge in [-0.25, -0.2) is 4.39 Å². The van der Waals surface area contributed by atoms with Crippen LogP contribution in [0, 0.1) is 5.41 Å². The van der Waals surface area contributed by atoms with Gasteiger partial charge in [0, 0.05) is 5.41 Å². The second kappa shape index (κ2) is 3.78. The van der Waals surface area contributed by atoms with Crippen molar-refractivity contribution in [2.75, 3.05) is 20.0 Å². The largest absolute Gasteiger partial charge is 0.250 e. The molecule has 0 atom stereocenters. The van der Waals surface area contributed by atoms with Gasteiger partial charge in [-0.1, -0.05) is 18.2 Å². The van der Waals surface area contributed by atoms with Crippen LogP contribution < -0.4 is 0 Å². The highest BCUT2D eigenvalue weighted by Crippen LogP contribution is 2.32. The van der Waals surface area contributed by atoms with E-state index < -0.39 is 25.4 Å². The predicted molar refractivity (Wildman–Crippen MR) is 42.2 cm³/mol. The van der Waals surface area contributed by atoms with E-state index in [0.29, 0.717) is 5.57 Å². The average Bonchev–Trinajstić information content (AvgIpc) is 2.18. The molecule has 0 saturated heterocycles. The summed E-state index contributed by atoms with van der Waals surface area (Å²) in [5.74, 6) is 0. The summed E-state index contributed by atoms with van der Waals surface area (Å²) in [5.41, 5.74) is -0.622. The van der Waals surface area contributed by atoms with Gasteiger partial charge in [0.15, 0.2) is 0 Å². The standard InChI is InChI=1S/C9H11F3/c10-5-8-2-1-3-9(4-8,6-11)7-12/h1-3H,4-7H2. The number of hydrogen-bond donors (Lipinski definition) is 0. The Morgan fingerprint density at radius 1 is 1.25 bits per heavy atom. The second-order valence-corrected chi connectivity index (χ2v) is 3.12. The molecule has 0 spiro atoms. The van der Waals surface area contributed by atoms with Crippen LogP contribution in [-0.2, 0) is 0 Å². The van der Waals surface area contributed by atoms with Crippen molar-refractivity contribution >= 4 is 0 Å². The first-order chi connectivity index (χ1) is 5.76. The summed E-state index contributed by atoms with van der Waals surface area (Å²) in [4.78, 5) is 0. The number of hydrogen-bond acceptors (Lipinski definition) is 0. The van der Waals surface area contributed by atoms with Gasteiger partial charge in [-0.3, -0.25) is 8.78 Å². The van der Waals surface area contributed by atoms with Gasteiger partial charge >= 0.3 is 0 Å². The smallest absolute Gasteiger partial charge is 0.111 e. The van der Waals surface area contributed by atoms with Crippen LogP contribution in [0.2, 0.25) is 0 Å². The van der Waals surface area contributed by atoms with Crippen molar-refractivity contribution < 1.29 is 13.2 Å². The number of rotatable bonds is 3. The molecule has 0 nitrogen and oxygen atoms in total. The highest BCUT2D eigenvalue weighted by atomic mass is 19.1. The van der Waals surface area contributed by atoms with Crippen LogP contribution in [0.1, 0.15) is 6.42 Å². The third-order valence-corrected chi connectivity index (χ3v) is 2.06. The second-order valence-electron chi connectivity index (χ2n) is 3.12. The van der Waals surface area contributed by atoms with Gasteiger partial charge < -0.3 is 0 Å². The summed E-state index contributed by atoms with van der Waals surface area (Å²) in [5, 5.41) is 0. The molecule has 0 radical (unpaired) electrons. The number of allylic oxidation sites excluding steroid dienone is 4. The normalized spacial score (nSPS) is 20.8. The topological polar surface area (TPSA) is 0 Å². The molecule has 1 aliphatic carbocycles. The Kier molecular flexibility index (Phi) is 2.95. The van der Waals surface area contributed by atoms with Crippen LogP contribution >= 0.6 is 0 Å². The van der Waals surface area contributed by atoms with Crippen molar-refractivity contribution in [3.8, 4) is 0 Å². The minimum absolute atomic E-state index is 0.160. The lowest BCUT2D eigenvalue weighted by atomic mass is 9.81. The molecule has 0 aromatic carbocycles. The first-order valence-corrected chi connectivity index (χ1v) is 3.81. The SMILES string of the molecule is FCC1=CC=CC(CF)(CF)C1. The molecule has 0 unspecified atom stereocenters. The Morgan fingerprint density at radius 2 is 1.92 bits per heavy atom. The van der Waals surface area contributed by atoms with Gasteiger partial charge in [0.05, 0.1) is 0 Å². The molecule has 0 fully saturated rings. The van der Waals surface area contributed by atoms with Gasteiger partial charge in [-0.05, 0) is 12.0 Å². The molecule has 0 aromatic heterocycles. The van der Waals surface area contributed by atoms with Crippen molar-refractivity contribution in [1.29, 1.82) is 0 Å². The summed E-state index contributed by atoms with van der Waals surface area (Å²) in [6.07, 6.45) is 4.74. The monoisotopic (exact) mass is 176 g/mol.